The third-order valence-corrected chi connectivity index (χ3v) is 2.97. The molecule has 1 heterocycles. The molecule has 0 saturated heterocycles. The summed E-state index contributed by atoms with van der Waals surface area (Å²) in [5, 5.41) is 12.4. The van der Waals surface area contributed by atoms with E-state index in [1.807, 2.05) is 6.92 Å². The van der Waals surface area contributed by atoms with E-state index in [0.717, 1.165) is 18.6 Å². The molecular formula is C14H14F3N3O3. The Morgan fingerprint density at radius 3 is 2.52 bits per heavy atom. The summed E-state index contributed by atoms with van der Waals surface area (Å²) >= 11 is 0. The largest absolute Gasteiger partial charge is 0.480 e. The van der Waals surface area contributed by atoms with Crippen molar-refractivity contribution in [1.82, 2.24) is 15.0 Å². The van der Waals surface area contributed by atoms with Gasteiger partial charge in [0.1, 0.15) is 0 Å². The molecule has 0 radical (unpaired) electrons. The minimum Gasteiger partial charge on any atom is -0.480 e. The molecule has 9 heteroatoms. The van der Waals surface area contributed by atoms with Crippen molar-refractivity contribution in [3.05, 3.63) is 35.5 Å². The number of hydrogen-bond donors (Lipinski definition) is 1. The van der Waals surface area contributed by atoms with Gasteiger partial charge in [-0.1, -0.05) is 12.1 Å². The van der Waals surface area contributed by atoms with Gasteiger partial charge in [0.25, 0.3) is 0 Å². The number of carbonyl (C=O) groups is 1. The lowest BCUT2D eigenvalue weighted by Crippen LogP contribution is -2.30. The Labute approximate surface area is 129 Å². The first-order chi connectivity index (χ1) is 10.9. The van der Waals surface area contributed by atoms with Crippen molar-refractivity contribution in [2.75, 3.05) is 13.1 Å². The summed E-state index contributed by atoms with van der Waals surface area (Å²) in [5.41, 5.74) is -0.0725. The number of carboxylic acid groups (broad SMARTS) is 1. The molecule has 0 amide bonds. The second kappa shape index (κ2) is 7.23. The van der Waals surface area contributed by atoms with Crippen molar-refractivity contribution < 1.29 is 27.6 Å². The molecule has 124 valence electrons. The molecule has 0 saturated carbocycles. The van der Waals surface area contributed by atoms with Gasteiger partial charge in [0, 0.05) is 5.56 Å². The van der Waals surface area contributed by atoms with Crippen LogP contribution in [0.4, 0.5) is 13.2 Å². The standard InChI is InChI=1S/C14H14F3N3O3/c1-2-3-20(7-12(21)22)6-11-18-14(19-23-11)8-4-9(15)13(17)10(16)5-8/h4-5H,2-3,6-7H2,1H3,(H,21,22). The van der Waals surface area contributed by atoms with E-state index in [4.69, 9.17) is 9.63 Å². The number of aromatic nitrogens is 2. The Kier molecular flexibility index (Phi) is 5.32. The summed E-state index contributed by atoms with van der Waals surface area (Å²) in [5.74, 6) is -5.30. The van der Waals surface area contributed by atoms with Gasteiger partial charge in [0.2, 0.25) is 11.7 Å². The maximum absolute atomic E-state index is 13.2. The fourth-order valence-corrected chi connectivity index (χ4v) is 2.03. The molecule has 23 heavy (non-hydrogen) atoms. The molecule has 0 aliphatic rings. The van der Waals surface area contributed by atoms with Gasteiger partial charge in [-0.3, -0.25) is 9.69 Å². The zero-order valence-corrected chi connectivity index (χ0v) is 12.2. The zero-order chi connectivity index (χ0) is 17.0. The highest BCUT2D eigenvalue weighted by molar-refractivity contribution is 5.69. The fourth-order valence-electron chi connectivity index (χ4n) is 2.03. The zero-order valence-electron chi connectivity index (χ0n) is 12.2. The summed E-state index contributed by atoms with van der Waals surface area (Å²) in [6.45, 7) is 2.27. The van der Waals surface area contributed by atoms with Crippen molar-refractivity contribution >= 4 is 5.97 Å². The molecule has 0 atom stereocenters. The molecule has 6 nitrogen and oxygen atoms in total. The third kappa shape index (κ3) is 4.28. The van der Waals surface area contributed by atoms with Crippen LogP contribution in [0.2, 0.25) is 0 Å². The van der Waals surface area contributed by atoms with Crippen LogP contribution in [0.25, 0.3) is 11.4 Å². The maximum atomic E-state index is 13.2. The van der Waals surface area contributed by atoms with Crippen LogP contribution in [0.1, 0.15) is 19.2 Å². The Morgan fingerprint density at radius 2 is 1.96 bits per heavy atom. The van der Waals surface area contributed by atoms with E-state index >= 15 is 0 Å². The average Bonchev–Trinajstić information content (AvgIpc) is 2.92. The van der Waals surface area contributed by atoms with Crippen molar-refractivity contribution in [2.24, 2.45) is 0 Å². The Morgan fingerprint density at radius 1 is 1.30 bits per heavy atom. The van der Waals surface area contributed by atoms with E-state index in [-0.39, 0.29) is 30.4 Å². The Hall–Kier alpha value is -2.42. The lowest BCUT2D eigenvalue weighted by molar-refractivity contribution is -0.138. The van der Waals surface area contributed by atoms with E-state index < -0.39 is 23.4 Å². The van der Waals surface area contributed by atoms with Crippen LogP contribution in [0.3, 0.4) is 0 Å². The SMILES string of the molecule is CCCN(CC(=O)O)Cc1nc(-c2cc(F)c(F)c(F)c2)no1. The van der Waals surface area contributed by atoms with Crippen LogP contribution in [0.15, 0.2) is 16.7 Å². The maximum Gasteiger partial charge on any atom is 0.317 e. The van der Waals surface area contributed by atoms with Gasteiger partial charge in [0.15, 0.2) is 17.5 Å². The van der Waals surface area contributed by atoms with Crippen molar-refractivity contribution in [2.45, 2.75) is 19.9 Å². The number of nitrogens with zero attached hydrogens (tertiary/aromatic N) is 3. The van der Waals surface area contributed by atoms with E-state index in [0.29, 0.717) is 6.54 Å². The van der Waals surface area contributed by atoms with E-state index in [2.05, 4.69) is 10.1 Å². The van der Waals surface area contributed by atoms with Gasteiger partial charge in [0.05, 0.1) is 13.1 Å². The Bertz CT molecular complexity index is 683. The monoisotopic (exact) mass is 329 g/mol. The third-order valence-electron chi connectivity index (χ3n) is 2.97. The summed E-state index contributed by atoms with van der Waals surface area (Å²) in [6.07, 6.45) is 0.725. The summed E-state index contributed by atoms with van der Waals surface area (Å²) in [4.78, 5) is 16.3. The average molecular weight is 329 g/mol. The summed E-state index contributed by atoms with van der Waals surface area (Å²) < 4.78 is 44.3. The molecule has 0 aliphatic carbocycles. The van der Waals surface area contributed by atoms with Crippen molar-refractivity contribution in [3.63, 3.8) is 0 Å². The molecule has 0 spiro atoms. The predicted octanol–water partition coefficient (Wildman–Crippen LogP) is 2.45. The molecule has 0 unspecified atom stereocenters. The van der Waals surface area contributed by atoms with Crippen LogP contribution in [0, 0.1) is 17.5 Å². The molecule has 0 bridgehead atoms. The predicted molar refractivity (Wildman–Crippen MR) is 72.8 cm³/mol. The van der Waals surface area contributed by atoms with Crippen molar-refractivity contribution in [3.8, 4) is 11.4 Å². The highest BCUT2D eigenvalue weighted by Gasteiger charge is 2.17. The van der Waals surface area contributed by atoms with Crippen molar-refractivity contribution in [1.29, 1.82) is 0 Å². The smallest absolute Gasteiger partial charge is 0.317 e. The van der Waals surface area contributed by atoms with Gasteiger partial charge < -0.3 is 9.63 Å². The molecule has 0 fully saturated rings. The fraction of sp³-hybridized carbons (Fsp3) is 0.357. The minimum absolute atomic E-state index is 0.0725. The van der Waals surface area contributed by atoms with Crippen LogP contribution >= 0.6 is 0 Å². The minimum atomic E-state index is -1.58. The van der Waals surface area contributed by atoms with Gasteiger partial charge in [-0.05, 0) is 25.1 Å². The summed E-state index contributed by atoms with van der Waals surface area (Å²) in [6, 6.07) is 1.52. The highest BCUT2D eigenvalue weighted by Crippen LogP contribution is 2.21. The first kappa shape index (κ1) is 16.9. The van der Waals surface area contributed by atoms with E-state index in [1.54, 1.807) is 4.90 Å². The molecular weight excluding hydrogens is 315 g/mol. The summed E-state index contributed by atoms with van der Waals surface area (Å²) in [7, 11) is 0. The molecule has 1 aromatic carbocycles. The lowest BCUT2D eigenvalue weighted by Gasteiger charge is -2.16. The number of benzene rings is 1. The first-order valence-electron chi connectivity index (χ1n) is 6.82. The molecule has 2 aromatic rings. The molecule has 1 N–H and O–H groups in total. The van der Waals surface area contributed by atoms with Gasteiger partial charge >= 0.3 is 5.97 Å². The Balaban J connectivity index is 2.18. The van der Waals surface area contributed by atoms with Crippen LogP contribution in [-0.4, -0.2) is 39.2 Å². The molecule has 1 aromatic heterocycles. The van der Waals surface area contributed by atoms with Crippen LogP contribution in [0.5, 0.6) is 0 Å². The number of carboxylic acids is 1. The highest BCUT2D eigenvalue weighted by atomic mass is 19.2. The normalized spacial score (nSPS) is 11.2. The number of hydrogen-bond acceptors (Lipinski definition) is 5. The quantitative estimate of drug-likeness (QED) is 0.786. The number of halogens is 3. The second-order valence-electron chi connectivity index (χ2n) is 4.87. The van der Waals surface area contributed by atoms with Crippen LogP contribution < -0.4 is 0 Å². The lowest BCUT2D eigenvalue weighted by atomic mass is 10.2. The topological polar surface area (TPSA) is 79.5 Å². The number of aliphatic carboxylic acids is 1. The van der Waals surface area contributed by atoms with Gasteiger partial charge in [-0.2, -0.15) is 4.98 Å². The van der Waals surface area contributed by atoms with Gasteiger partial charge in [-0.15, -0.1) is 0 Å². The number of rotatable bonds is 7. The van der Waals surface area contributed by atoms with E-state index in [9.17, 15) is 18.0 Å². The second-order valence-corrected chi connectivity index (χ2v) is 4.87. The van der Waals surface area contributed by atoms with Gasteiger partial charge in [-0.25, -0.2) is 13.2 Å². The van der Waals surface area contributed by atoms with Crippen LogP contribution in [-0.2, 0) is 11.3 Å². The van der Waals surface area contributed by atoms with E-state index in [1.165, 1.54) is 0 Å². The first-order valence-corrected chi connectivity index (χ1v) is 6.82. The molecule has 2 rings (SSSR count). The molecule has 0 aliphatic heterocycles.